The largest absolute Gasteiger partial charge is 0.394 e. The Morgan fingerprint density at radius 1 is 1.55 bits per heavy atom. The Balaban J connectivity index is 1.71. The Labute approximate surface area is 65.1 Å². The second kappa shape index (κ2) is 2.71. The van der Waals surface area contributed by atoms with Gasteiger partial charge in [-0.15, -0.1) is 0 Å². The van der Waals surface area contributed by atoms with Crippen molar-refractivity contribution in [2.75, 3.05) is 6.61 Å². The molecule has 4 nitrogen and oxygen atoms in total. The molecule has 0 saturated carbocycles. The third kappa shape index (κ3) is 1.27. The molecule has 0 aliphatic carbocycles. The fourth-order valence-corrected chi connectivity index (χ4v) is 1.10. The van der Waals surface area contributed by atoms with E-state index < -0.39 is 0 Å². The summed E-state index contributed by atoms with van der Waals surface area (Å²) in [7, 11) is 0. The summed E-state index contributed by atoms with van der Waals surface area (Å²) in [6.07, 6.45) is 0.613. The van der Waals surface area contributed by atoms with Crippen molar-refractivity contribution >= 4 is 0 Å². The van der Waals surface area contributed by atoms with Gasteiger partial charge >= 0.3 is 0 Å². The highest BCUT2D eigenvalue weighted by Gasteiger charge is 2.59. The maximum atomic E-state index is 8.77. The first-order chi connectivity index (χ1) is 5.35. The Morgan fingerprint density at radius 2 is 2.36 bits per heavy atom. The van der Waals surface area contributed by atoms with E-state index in [1.165, 1.54) is 0 Å². The first-order valence-corrected chi connectivity index (χ1v) is 3.92. The molecule has 4 unspecified atom stereocenters. The van der Waals surface area contributed by atoms with E-state index in [0.29, 0.717) is 0 Å². The average molecular weight is 160 g/mol. The molecule has 0 radical (unpaired) electrons. The van der Waals surface area contributed by atoms with E-state index in [1.807, 2.05) is 6.92 Å². The van der Waals surface area contributed by atoms with Gasteiger partial charge in [0.2, 0.25) is 0 Å². The fraction of sp³-hybridized carbons (Fsp3) is 1.00. The minimum atomic E-state index is -0.225. The molecule has 0 bridgehead atoms. The number of hydrogen-bond acceptors (Lipinski definition) is 4. The van der Waals surface area contributed by atoms with Gasteiger partial charge in [0.1, 0.15) is 0 Å². The highest BCUT2D eigenvalue weighted by atomic mass is 16.9. The molecule has 0 spiro atoms. The third-order valence-corrected chi connectivity index (χ3v) is 2.00. The van der Waals surface area contributed by atoms with Gasteiger partial charge < -0.3 is 19.3 Å². The zero-order valence-corrected chi connectivity index (χ0v) is 6.40. The minimum Gasteiger partial charge on any atom is -0.394 e. The topological polar surface area (TPSA) is 51.2 Å². The van der Waals surface area contributed by atoms with Gasteiger partial charge in [-0.3, -0.25) is 0 Å². The average Bonchev–Trinajstić information content (AvgIpc) is 2.64. The van der Waals surface area contributed by atoms with E-state index in [4.69, 9.17) is 19.3 Å². The van der Waals surface area contributed by atoms with Crippen LogP contribution in [0.15, 0.2) is 0 Å². The molecule has 0 amide bonds. The second-order valence-electron chi connectivity index (χ2n) is 2.82. The van der Waals surface area contributed by atoms with Crippen LogP contribution < -0.4 is 0 Å². The molecule has 2 aliphatic heterocycles. The fourth-order valence-electron chi connectivity index (χ4n) is 1.10. The van der Waals surface area contributed by atoms with Crippen molar-refractivity contribution < 1.29 is 19.3 Å². The number of fused-ring (bicyclic) bond motifs is 1. The van der Waals surface area contributed by atoms with Crippen LogP contribution >= 0.6 is 0 Å². The van der Waals surface area contributed by atoms with Gasteiger partial charge in [-0.05, 0) is 6.42 Å². The molecule has 2 heterocycles. The Kier molecular flexibility index (Phi) is 1.85. The molecule has 2 saturated heterocycles. The van der Waals surface area contributed by atoms with Crippen LogP contribution in [-0.4, -0.2) is 36.5 Å². The molecule has 0 aromatic heterocycles. The Hall–Kier alpha value is -0.160. The SMILES string of the molecule is CCC(CO)OC1OC2OC12. The third-order valence-electron chi connectivity index (χ3n) is 2.00. The summed E-state index contributed by atoms with van der Waals surface area (Å²) in [6.45, 7) is 2.01. The summed E-state index contributed by atoms with van der Waals surface area (Å²) in [5, 5.41) is 8.77. The molecule has 2 aliphatic rings. The zero-order chi connectivity index (χ0) is 7.84. The number of ether oxygens (including phenoxy) is 3. The van der Waals surface area contributed by atoms with Crippen LogP contribution in [-0.2, 0) is 14.2 Å². The maximum Gasteiger partial charge on any atom is 0.192 e. The molecule has 64 valence electrons. The molecule has 2 fully saturated rings. The summed E-state index contributed by atoms with van der Waals surface area (Å²) in [6, 6.07) is 0. The molecule has 0 aromatic rings. The first-order valence-electron chi connectivity index (χ1n) is 3.92. The lowest BCUT2D eigenvalue weighted by molar-refractivity contribution is -0.228. The molecular formula is C7H12O4. The molecule has 4 atom stereocenters. The van der Waals surface area contributed by atoms with Crippen LogP contribution in [0.1, 0.15) is 13.3 Å². The van der Waals surface area contributed by atoms with E-state index in [-0.39, 0.29) is 31.4 Å². The second-order valence-corrected chi connectivity index (χ2v) is 2.82. The van der Waals surface area contributed by atoms with Crippen LogP contribution in [0.2, 0.25) is 0 Å². The number of hydrogen-bond donors (Lipinski definition) is 1. The molecule has 0 aromatic carbocycles. The van der Waals surface area contributed by atoms with Crippen molar-refractivity contribution in [3.05, 3.63) is 0 Å². The van der Waals surface area contributed by atoms with E-state index >= 15 is 0 Å². The highest BCUT2D eigenvalue weighted by Crippen LogP contribution is 2.41. The molecule has 11 heavy (non-hydrogen) atoms. The Bertz CT molecular complexity index is 145. The van der Waals surface area contributed by atoms with Gasteiger partial charge in [-0.2, -0.15) is 0 Å². The predicted molar refractivity (Wildman–Crippen MR) is 35.8 cm³/mol. The lowest BCUT2D eigenvalue weighted by atomic mass is 10.3. The van der Waals surface area contributed by atoms with E-state index in [1.54, 1.807) is 0 Å². The highest BCUT2D eigenvalue weighted by molar-refractivity contribution is 4.91. The Morgan fingerprint density at radius 3 is 2.73 bits per heavy atom. The molecule has 2 rings (SSSR count). The van der Waals surface area contributed by atoms with Crippen molar-refractivity contribution in [1.82, 2.24) is 0 Å². The molecule has 1 N–H and O–H groups in total. The van der Waals surface area contributed by atoms with Crippen molar-refractivity contribution in [3.8, 4) is 0 Å². The lowest BCUT2D eigenvalue weighted by Gasteiger charge is -2.25. The zero-order valence-electron chi connectivity index (χ0n) is 6.40. The summed E-state index contributed by atoms with van der Waals surface area (Å²) < 4.78 is 15.4. The number of aliphatic hydroxyl groups excluding tert-OH is 1. The van der Waals surface area contributed by atoms with Crippen LogP contribution in [0, 0.1) is 0 Å². The van der Waals surface area contributed by atoms with E-state index in [0.717, 1.165) is 6.42 Å². The van der Waals surface area contributed by atoms with Crippen LogP contribution in [0.25, 0.3) is 0 Å². The number of epoxide rings is 1. The van der Waals surface area contributed by atoms with Crippen LogP contribution in [0.3, 0.4) is 0 Å². The monoisotopic (exact) mass is 160 g/mol. The number of rotatable bonds is 4. The van der Waals surface area contributed by atoms with Crippen molar-refractivity contribution in [1.29, 1.82) is 0 Å². The van der Waals surface area contributed by atoms with Gasteiger partial charge in [0.05, 0.1) is 12.7 Å². The number of aliphatic hydroxyl groups is 1. The van der Waals surface area contributed by atoms with Gasteiger partial charge in [0.25, 0.3) is 0 Å². The maximum absolute atomic E-state index is 8.77. The summed E-state index contributed by atoms with van der Waals surface area (Å²) in [4.78, 5) is 0. The van der Waals surface area contributed by atoms with Crippen molar-refractivity contribution in [2.45, 2.75) is 38.1 Å². The van der Waals surface area contributed by atoms with Crippen molar-refractivity contribution in [2.24, 2.45) is 0 Å². The summed E-state index contributed by atoms with van der Waals surface area (Å²) >= 11 is 0. The quantitative estimate of drug-likeness (QED) is 0.581. The van der Waals surface area contributed by atoms with E-state index in [2.05, 4.69) is 0 Å². The minimum absolute atomic E-state index is 0.00352. The van der Waals surface area contributed by atoms with Gasteiger partial charge in [0, 0.05) is 0 Å². The predicted octanol–water partition coefficient (Wildman–Crippen LogP) is -0.145. The van der Waals surface area contributed by atoms with E-state index in [9.17, 15) is 0 Å². The standard InChI is InChI=1S/C7H12O4/c1-2-4(3-8)9-6-5-7(10-5)11-6/h4-8H,2-3H2,1H3. The van der Waals surface area contributed by atoms with Crippen molar-refractivity contribution in [3.63, 3.8) is 0 Å². The molecular weight excluding hydrogens is 148 g/mol. The van der Waals surface area contributed by atoms with Crippen LogP contribution in [0.4, 0.5) is 0 Å². The van der Waals surface area contributed by atoms with Gasteiger partial charge in [-0.1, -0.05) is 6.92 Å². The lowest BCUT2D eigenvalue weighted by Crippen LogP contribution is -2.39. The van der Waals surface area contributed by atoms with Gasteiger partial charge in [-0.25, -0.2) is 0 Å². The smallest absolute Gasteiger partial charge is 0.192 e. The summed E-state index contributed by atoms with van der Waals surface area (Å²) in [5.74, 6) is 0. The normalized spacial score (nSPS) is 42.5. The summed E-state index contributed by atoms with van der Waals surface area (Å²) in [5.41, 5.74) is 0. The first kappa shape index (κ1) is 7.49. The molecule has 4 heteroatoms. The van der Waals surface area contributed by atoms with Gasteiger partial charge in [0.15, 0.2) is 18.7 Å². The van der Waals surface area contributed by atoms with Crippen LogP contribution in [0.5, 0.6) is 0 Å².